The second-order valence-corrected chi connectivity index (χ2v) is 6.51. The fourth-order valence-electron chi connectivity index (χ4n) is 2.75. The quantitative estimate of drug-likeness (QED) is 0.312. The highest BCUT2D eigenvalue weighted by atomic mass is 19.4. The van der Waals surface area contributed by atoms with Crippen molar-refractivity contribution in [2.24, 2.45) is 0 Å². The van der Waals surface area contributed by atoms with E-state index in [1.807, 2.05) is 0 Å². The largest absolute Gasteiger partial charge is 0.454 e. The van der Waals surface area contributed by atoms with Crippen LogP contribution in [-0.2, 0) is 0 Å². The molecular weight excluding hydrogens is 327 g/mol. The lowest BCUT2D eigenvalue weighted by atomic mass is 10.1. The monoisotopic (exact) mass is 357 g/mol. The molecule has 0 amide bonds. The fraction of sp³-hybridized carbons (Fsp3) is 0.650. The Morgan fingerprint density at radius 1 is 0.840 bits per heavy atom. The number of rotatable bonds is 13. The molecule has 0 heterocycles. The van der Waals surface area contributed by atoms with Gasteiger partial charge in [0.2, 0.25) is 0 Å². The minimum absolute atomic E-state index is 0.322. The molecule has 2 nitrogen and oxygen atoms in total. The van der Waals surface area contributed by atoms with Gasteiger partial charge in [0.05, 0.1) is 0 Å². The lowest BCUT2D eigenvalue weighted by molar-refractivity contribution is -0.0885. The highest BCUT2D eigenvalue weighted by Gasteiger charge is 2.39. The van der Waals surface area contributed by atoms with Crippen molar-refractivity contribution in [1.82, 2.24) is 0 Å². The molecule has 5 heteroatoms. The van der Waals surface area contributed by atoms with Crippen LogP contribution >= 0.6 is 0 Å². The molecule has 0 fully saturated rings. The van der Waals surface area contributed by atoms with Gasteiger partial charge in [-0.2, -0.15) is 13.2 Å². The van der Waals surface area contributed by atoms with E-state index in [9.17, 15) is 18.0 Å². The number of nitrogens with one attached hydrogen (secondary N) is 1. The first-order chi connectivity index (χ1) is 11.9. The second kappa shape index (κ2) is 11.9. The van der Waals surface area contributed by atoms with Gasteiger partial charge in [-0.3, -0.25) is 4.79 Å². The number of hydrogen-bond acceptors (Lipinski definition) is 2. The van der Waals surface area contributed by atoms with Crippen LogP contribution in [0.1, 0.15) is 81.5 Å². The zero-order valence-electron chi connectivity index (χ0n) is 15.1. The summed E-state index contributed by atoms with van der Waals surface area (Å²) in [7, 11) is 0. The number of unbranched alkanes of at least 4 members (excludes halogenated alkanes) is 9. The number of halogens is 3. The Morgan fingerprint density at radius 3 is 1.80 bits per heavy atom. The number of alkyl halides is 3. The summed E-state index contributed by atoms with van der Waals surface area (Å²) in [6.07, 6.45) is 7.87. The Labute approximate surface area is 149 Å². The molecule has 1 N–H and O–H groups in total. The molecule has 0 atom stereocenters. The first-order valence-corrected chi connectivity index (χ1v) is 9.40. The van der Waals surface area contributed by atoms with E-state index in [1.165, 1.54) is 75.6 Å². The van der Waals surface area contributed by atoms with Gasteiger partial charge in [-0.1, -0.05) is 64.7 Å². The third-order valence-electron chi connectivity index (χ3n) is 4.26. The number of carbonyl (C=O) groups excluding carboxylic acids is 1. The SMILES string of the molecule is CCCCCCCCCCCCNc1ccc(C(=O)C(F)(F)F)cc1. The first-order valence-electron chi connectivity index (χ1n) is 9.40. The summed E-state index contributed by atoms with van der Waals surface area (Å²) in [5.41, 5.74) is 0.423. The van der Waals surface area contributed by atoms with Crippen LogP contribution in [0.4, 0.5) is 18.9 Å². The molecule has 0 unspecified atom stereocenters. The maximum Gasteiger partial charge on any atom is 0.454 e. The van der Waals surface area contributed by atoms with Gasteiger partial charge in [0.25, 0.3) is 5.78 Å². The molecule has 0 bridgehead atoms. The molecule has 25 heavy (non-hydrogen) atoms. The molecule has 1 aromatic carbocycles. The van der Waals surface area contributed by atoms with Crippen molar-refractivity contribution in [2.45, 2.75) is 77.3 Å². The molecule has 0 radical (unpaired) electrons. The van der Waals surface area contributed by atoms with Crippen LogP contribution in [0.25, 0.3) is 0 Å². The summed E-state index contributed by atoms with van der Waals surface area (Å²) >= 11 is 0. The Bertz CT molecular complexity index is 483. The van der Waals surface area contributed by atoms with E-state index in [1.54, 1.807) is 0 Å². The molecule has 1 rings (SSSR count). The zero-order valence-corrected chi connectivity index (χ0v) is 15.1. The highest BCUT2D eigenvalue weighted by molar-refractivity contribution is 6.00. The molecule has 0 aliphatic carbocycles. The predicted molar refractivity (Wildman–Crippen MR) is 97.2 cm³/mol. The maximum atomic E-state index is 12.3. The Kier molecular flexibility index (Phi) is 10.3. The molecule has 1 aromatic rings. The molecule has 0 saturated carbocycles. The summed E-state index contributed by atoms with van der Waals surface area (Å²) in [6.45, 7) is 3.02. The van der Waals surface area contributed by atoms with Crippen LogP contribution in [0, 0.1) is 0 Å². The van der Waals surface area contributed by atoms with Crippen molar-refractivity contribution in [1.29, 1.82) is 0 Å². The van der Waals surface area contributed by atoms with Gasteiger partial charge in [0.1, 0.15) is 0 Å². The third kappa shape index (κ3) is 9.51. The highest BCUT2D eigenvalue weighted by Crippen LogP contribution is 2.22. The lowest BCUT2D eigenvalue weighted by Crippen LogP contribution is -2.22. The summed E-state index contributed by atoms with van der Waals surface area (Å²) < 4.78 is 37.0. The summed E-state index contributed by atoms with van der Waals surface area (Å²) in [6, 6.07) is 5.48. The molecule has 0 aromatic heterocycles. The van der Waals surface area contributed by atoms with E-state index in [-0.39, 0.29) is 5.56 Å². The van der Waals surface area contributed by atoms with E-state index in [2.05, 4.69) is 12.2 Å². The van der Waals surface area contributed by atoms with Gasteiger partial charge in [0, 0.05) is 17.8 Å². The summed E-state index contributed by atoms with van der Waals surface area (Å²) in [4.78, 5) is 11.1. The third-order valence-corrected chi connectivity index (χ3v) is 4.26. The number of hydrogen-bond donors (Lipinski definition) is 1. The van der Waals surface area contributed by atoms with Gasteiger partial charge in [-0.15, -0.1) is 0 Å². The van der Waals surface area contributed by atoms with E-state index >= 15 is 0 Å². The minimum atomic E-state index is -4.81. The number of carbonyl (C=O) groups is 1. The lowest BCUT2D eigenvalue weighted by Gasteiger charge is -2.08. The van der Waals surface area contributed by atoms with Gasteiger partial charge in [0.15, 0.2) is 0 Å². The molecule has 0 aliphatic heterocycles. The van der Waals surface area contributed by atoms with Crippen molar-refractivity contribution in [3.05, 3.63) is 29.8 Å². The van der Waals surface area contributed by atoms with Crippen LogP contribution in [0.15, 0.2) is 24.3 Å². The number of ketones is 1. The number of benzene rings is 1. The van der Waals surface area contributed by atoms with E-state index in [4.69, 9.17) is 0 Å². The second-order valence-electron chi connectivity index (χ2n) is 6.51. The molecule has 142 valence electrons. The maximum absolute atomic E-state index is 12.3. The Hall–Kier alpha value is -1.52. The van der Waals surface area contributed by atoms with E-state index in [0.29, 0.717) is 0 Å². The van der Waals surface area contributed by atoms with E-state index < -0.39 is 12.0 Å². The van der Waals surface area contributed by atoms with Crippen LogP contribution in [-0.4, -0.2) is 18.5 Å². The zero-order chi connectivity index (χ0) is 18.5. The Balaban J connectivity index is 2.08. The number of anilines is 1. The normalized spacial score (nSPS) is 11.5. The smallest absolute Gasteiger partial charge is 0.385 e. The Morgan fingerprint density at radius 2 is 1.32 bits per heavy atom. The molecular formula is C20H30F3NO. The topological polar surface area (TPSA) is 29.1 Å². The molecule has 0 spiro atoms. The molecule has 0 aliphatic rings. The van der Waals surface area contributed by atoms with Crippen molar-refractivity contribution < 1.29 is 18.0 Å². The van der Waals surface area contributed by atoms with Gasteiger partial charge in [-0.25, -0.2) is 0 Å². The average molecular weight is 357 g/mol. The van der Waals surface area contributed by atoms with Crippen LogP contribution < -0.4 is 5.32 Å². The van der Waals surface area contributed by atoms with Crippen molar-refractivity contribution in [2.75, 3.05) is 11.9 Å². The van der Waals surface area contributed by atoms with Crippen LogP contribution in [0.3, 0.4) is 0 Å². The fourth-order valence-corrected chi connectivity index (χ4v) is 2.75. The number of Topliss-reactive ketones (excluding diaryl/α,β-unsaturated/α-hetero) is 1. The van der Waals surface area contributed by atoms with Crippen molar-refractivity contribution in [3.8, 4) is 0 Å². The summed E-state index contributed by atoms with van der Waals surface area (Å²) in [5.74, 6) is -1.80. The first kappa shape index (κ1) is 21.5. The predicted octanol–water partition coefficient (Wildman–Crippen LogP) is 6.76. The van der Waals surface area contributed by atoms with Crippen LogP contribution in [0.5, 0.6) is 0 Å². The van der Waals surface area contributed by atoms with Gasteiger partial charge >= 0.3 is 6.18 Å². The van der Waals surface area contributed by atoms with Crippen molar-refractivity contribution >= 4 is 11.5 Å². The van der Waals surface area contributed by atoms with E-state index in [0.717, 1.165) is 25.1 Å². The van der Waals surface area contributed by atoms with Crippen LogP contribution in [0.2, 0.25) is 0 Å². The van der Waals surface area contributed by atoms with Crippen molar-refractivity contribution in [3.63, 3.8) is 0 Å². The van der Waals surface area contributed by atoms with Gasteiger partial charge in [-0.05, 0) is 30.7 Å². The standard InChI is InChI=1S/C20H30F3NO/c1-2-3-4-5-6-7-8-9-10-11-16-24-18-14-12-17(13-15-18)19(25)20(21,22)23/h12-15,24H,2-11,16H2,1H3. The minimum Gasteiger partial charge on any atom is -0.385 e. The van der Waals surface area contributed by atoms with Gasteiger partial charge < -0.3 is 5.32 Å². The molecule has 0 saturated heterocycles. The average Bonchev–Trinajstić information content (AvgIpc) is 2.59. The summed E-state index contributed by atoms with van der Waals surface area (Å²) in [5, 5.41) is 3.18.